The van der Waals surface area contributed by atoms with Crippen molar-refractivity contribution in [2.24, 2.45) is 0 Å². The lowest BCUT2D eigenvalue weighted by Gasteiger charge is -2.09. The molecule has 0 fully saturated rings. The number of nitro groups is 1. The fraction of sp³-hybridized carbons (Fsp3) is 0.0909. The molecule has 0 bridgehead atoms. The van der Waals surface area contributed by atoms with Crippen molar-refractivity contribution in [3.8, 4) is 17.6 Å². The first-order valence-electron chi connectivity index (χ1n) is 8.79. The van der Waals surface area contributed by atoms with Crippen LogP contribution in [0, 0.1) is 21.4 Å². The van der Waals surface area contributed by atoms with E-state index in [2.05, 4.69) is 5.32 Å². The molecule has 3 aromatic rings. The van der Waals surface area contributed by atoms with Crippen LogP contribution in [-0.2, 0) is 4.79 Å². The molecule has 1 amide bonds. The van der Waals surface area contributed by atoms with E-state index in [1.165, 1.54) is 26.4 Å². The molecular formula is C22H17N3O5. The van der Waals surface area contributed by atoms with Gasteiger partial charge in [0.25, 0.3) is 11.6 Å². The molecule has 0 atom stereocenters. The van der Waals surface area contributed by atoms with Crippen molar-refractivity contribution in [1.82, 2.24) is 0 Å². The Labute approximate surface area is 172 Å². The first kappa shape index (κ1) is 20.4. The molecule has 0 aromatic heterocycles. The average molecular weight is 403 g/mol. The summed E-state index contributed by atoms with van der Waals surface area (Å²) in [6.07, 6.45) is 1.15. The minimum Gasteiger partial charge on any atom is -0.493 e. The summed E-state index contributed by atoms with van der Waals surface area (Å²) in [6.45, 7) is 0. The minimum atomic E-state index is -0.683. The standard InChI is InChI=1S/C22H17N3O5/c1-29-20-11-16(19(25(27)28)12-21(20)30-2)9-17(13-23)22(26)24-18-8-7-14-5-3-4-6-15(14)10-18/h3-12H,1-2H3,(H,24,26)/b17-9+. The van der Waals surface area contributed by atoms with Gasteiger partial charge in [0.15, 0.2) is 11.5 Å². The van der Waals surface area contributed by atoms with E-state index < -0.39 is 10.8 Å². The number of nitriles is 1. The molecule has 8 heteroatoms. The number of nitro benzene ring substituents is 1. The summed E-state index contributed by atoms with van der Waals surface area (Å²) in [5.74, 6) is -0.279. The van der Waals surface area contributed by atoms with Crippen LogP contribution in [0.5, 0.6) is 11.5 Å². The van der Waals surface area contributed by atoms with Gasteiger partial charge in [-0.15, -0.1) is 0 Å². The van der Waals surface area contributed by atoms with Crippen LogP contribution in [0.3, 0.4) is 0 Å². The molecule has 0 radical (unpaired) electrons. The van der Waals surface area contributed by atoms with Gasteiger partial charge in [0.2, 0.25) is 0 Å². The highest BCUT2D eigenvalue weighted by molar-refractivity contribution is 6.10. The smallest absolute Gasteiger partial charge is 0.280 e. The monoisotopic (exact) mass is 403 g/mol. The summed E-state index contributed by atoms with van der Waals surface area (Å²) in [4.78, 5) is 23.4. The van der Waals surface area contributed by atoms with Crippen molar-refractivity contribution in [3.63, 3.8) is 0 Å². The van der Waals surface area contributed by atoms with Crippen LogP contribution in [0.15, 0.2) is 60.2 Å². The van der Waals surface area contributed by atoms with Crippen LogP contribution in [0.2, 0.25) is 0 Å². The third kappa shape index (κ3) is 4.20. The highest BCUT2D eigenvalue weighted by Crippen LogP contribution is 2.35. The number of hydrogen-bond donors (Lipinski definition) is 1. The number of hydrogen-bond acceptors (Lipinski definition) is 6. The zero-order chi connectivity index (χ0) is 21.7. The maximum absolute atomic E-state index is 12.6. The number of carbonyl (C=O) groups is 1. The van der Waals surface area contributed by atoms with Crippen LogP contribution >= 0.6 is 0 Å². The molecule has 150 valence electrons. The van der Waals surface area contributed by atoms with Crippen LogP contribution in [0.1, 0.15) is 5.56 Å². The predicted molar refractivity (Wildman–Crippen MR) is 112 cm³/mol. The Hall–Kier alpha value is -4.38. The Balaban J connectivity index is 1.97. The Morgan fingerprint density at radius 2 is 1.73 bits per heavy atom. The van der Waals surface area contributed by atoms with Gasteiger partial charge in [0.1, 0.15) is 11.6 Å². The van der Waals surface area contributed by atoms with E-state index in [1.807, 2.05) is 30.3 Å². The van der Waals surface area contributed by atoms with Crippen LogP contribution in [-0.4, -0.2) is 25.1 Å². The fourth-order valence-electron chi connectivity index (χ4n) is 2.93. The lowest BCUT2D eigenvalue weighted by atomic mass is 10.1. The first-order chi connectivity index (χ1) is 14.5. The van der Waals surface area contributed by atoms with Crippen molar-refractivity contribution in [2.75, 3.05) is 19.5 Å². The Morgan fingerprint density at radius 3 is 2.37 bits per heavy atom. The highest BCUT2D eigenvalue weighted by Gasteiger charge is 2.20. The van der Waals surface area contributed by atoms with Crippen molar-refractivity contribution in [2.45, 2.75) is 0 Å². The van der Waals surface area contributed by atoms with E-state index in [4.69, 9.17) is 9.47 Å². The topological polar surface area (TPSA) is 114 Å². The molecule has 1 N–H and O–H groups in total. The predicted octanol–water partition coefficient (Wildman–Crippen LogP) is 4.31. The third-order valence-electron chi connectivity index (χ3n) is 4.40. The van der Waals surface area contributed by atoms with Crippen LogP contribution in [0.25, 0.3) is 16.8 Å². The molecule has 0 aliphatic heterocycles. The van der Waals surface area contributed by atoms with Crippen LogP contribution < -0.4 is 14.8 Å². The van der Waals surface area contributed by atoms with Gasteiger partial charge < -0.3 is 14.8 Å². The minimum absolute atomic E-state index is 0.0443. The number of fused-ring (bicyclic) bond motifs is 1. The van der Waals surface area contributed by atoms with Gasteiger partial charge in [-0.3, -0.25) is 14.9 Å². The SMILES string of the molecule is COc1cc(/C=C(\C#N)C(=O)Nc2ccc3ccccc3c2)c([N+](=O)[O-])cc1OC. The number of amides is 1. The Morgan fingerprint density at radius 1 is 1.07 bits per heavy atom. The summed E-state index contributed by atoms with van der Waals surface area (Å²) < 4.78 is 10.2. The molecule has 0 spiro atoms. The van der Waals surface area contributed by atoms with Gasteiger partial charge in [-0.1, -0.05) is 30.3 Å². The number of nitrogens with one attached hydrogen (secondary N) is 1. The zero-order valence-corrected chi connectivity index (χ0v) is 16.2. The molecule has 3 aromatic carbocycles. The number of anilines is 1. The van der Waals surface area contributed by atoms with Gasteiger partial charge in [-0.25, -0.2) is 0 Å². The quantitative estimate of drug-likeness (QED) is 0.284. The van der Waals surface area contributed by atoms with Gasteiger partial charge in [-0.05, 0) is 35.0 Å². The van der Waals surface area contributed by atoms with E-state index in [-0.39, 0.29) is 28.3 Å². The summed E-state index contributed by atoms with van der Waals surface area (Å²) in [5.41, 5.74) is -0.0677. The molecule has 0 aliphatic rings. The van der Waals surface area contributed by atoms with Gasteiger partial charge in [-0.2, -0.15) is 5.26 Å². The average Bonchev–Trinajstić information content (AvgIpc) is 2.76. The van der Waals surface area contributed by atoms with Gasteiger partial charge in [0, 0.05) is 5.69 Å². The van der Waals surface area contributed by atoms with Crippen LogP contribution in [0.4, 0.5) is 11.4 Å². The van der Waals surface area contributed by atoms with Crippen molar-refractivity contribution in [3.05, 3.63) is 75.8 Å². The first-order valence-corrected chi connectivity index (χ1v) is 8.79. The molecule has 0 aliphatic carbocycles. The molecule has 3 rings (SSSR count). The maximum Gasteiger partial charge on any atom is 0.280 e. The number of ether oxygens (including phenoxy) is 2. The second kappa shape index (κ2) is 8.75. The van der Waals surface area contributed by atoms with E-state index in [9.17, 15) is 20.2 Å². The molecular weight excluding hydrogens is 386 g/mol. The zero-order valence-electron chi connectivity index (χ0n) is 16.2. The number of methoxy groups -OCH3 is 2. The van der Waals surface area contributed by atoms with E-state index in [0.29, 0.717) is 5.69 Å². The summed E-state index contributed by atoms with van der Waals surface area (Å²) in [7, 11) is 2.74. The second-order valence-corrected chi connectivity index (χ2v) is 6.21. The maximum atomic E-state index is 12.6. The Bertz CT molecular complexity index is 1210. The fourth-order valence-corrected chi connectivity index (χ4v) is 2.93. The van der Waals surface area contributed by atoms with Crippen molar-refractivity contribution >= 4 is 34.1 Å². The van der Waals surface area contributed by atoms with E-state index in [1.54, 1.807) is 18.2 Å². The third-order valence-corrected chi connectivity index (χ3v) is 4.40. The summed E-state index contributed by atoms with van der Waals surface area (Å²) >= 11 is 0. The lowest BCUT2D eigenvalue weighted by Crippen LogP contribution is -2.13. The number of nitrogens with zero attached hydrogens (tertiary/aromatic N) is 2. The number of rotatable bonds is 6. The normalized spacial score (nSPS) is 10.9. The lowest BCUT2D eigenvalue weighted by molar-refractivity contribution is -0.385. The number of carbonyl (C=O) groups excluding carboxylic acids is 1. The molecule has 0 saturated heterocycles. The van der Waals surface area contributed by atoms with Gasteiger partial charge >= 0.3 is 0 Å². The van der Waals surface area contributed by atoms with E-state index >= 15 is 0 Å². The molecule has 0 unspecified atom stereocenters. The molecule has 8 nitrogen and oxygen atoms in total. The highest BCUT2D eigenvalue weighted by atomic mass is 16.6. The van der Waals surface area contributed by atoms with E-state index in [0.717, 1.165) is 16.8 Å². The molecule has 30 heavy (non-hydrogen) atoms. The number of benzene rings is 3. The Kier molecular flexibility index (Phi) is 5.94. The summed E-state index contributed by atoms with van der Waals surface area (Å²) in [5, 5.41) is 25.5. The van der Waals surface area contributed by atoms with Gasteiger partial charge in [0.05, 0.1) is 30.8 Å². The van der Waals surface area contributed by atoms with Crippen molar-refractivity contribution in [1.29, 1.82) is 5.26 Å². The summed E-state index contributed by atoms with van der Waals surface area (Å²) in [6, 6.07) is 17.3. The second-order valence-electron chi connectivity index (χ2n) is 6.21. The van der Waals surface area contributed by atoms with Crippen molar-refractivity contribution < 1.29 is 19.2 Å². The molecule has 0 heterocycles. The largest absolute Gasteiger partial charge is 0.493 e. The molecule has 0 saturated carbocycles.